The highest BCUT2D eigenvalue weighted by Crippen LogP contribution is 2.29. The molecule has 0 unspecified atom stereocenters. The van der Waals surface area contributed by atoms with Crippen molar-refractivity contribution in [2.45, 2.75) is 19.8 Å². The molecule has 0 amide bonds. The van der Waals surface area contributed by atoms with Gasteiger partial charge in [-0.15, -0.1) is 0 Å². The Morgan fingerprint density at radius 3 is 2.64 bits per heavy atom. The van der Waals surface area contributed by atoms with Gasteiger partial charge in [0.2, 0.25) is 11.9 Å². The molecule has 9 nitrogen and oxygen atoms in total. The average Bonchev–Trinajstić information content (AvgIpc) is 3.24. The van der Waals surface area contributed by atoms with E-state index >= 15 is 0 Å². The number of aryl methyl sites for hydroxylation is 1. The first-order valence-corrected chi connectivity index (χ1v) is 12.2. The summed E-state index contributed by atoms with van der Waals surface area (Å²) in [5.41, 5.74) is 5.84. The molecule has 0 saturated carbocycles. The number of hydrogen-bond acceptors (Lipinski definition) is 8. The Morgan fingerprint density at radius 2 is 1.81 bits per heavy atom. The molecule has 3 aromatic heterocycles. The van der Waals surface area contributed by atoms with Crippen LogP contribution in [0.4, 0.5) is 17.6 Å². The van der Waals surface area contributed by atoms with E-state index in [2.05, 4.69) is 57.3 Å². The number of nitrogens with zero attached hydrogens (tertiary/aromatic N) is 7. The molecule has 6 rings (SSSR count). The van der Waals surface area contributed by atoms with Crippen LogP contribution < -0.4 is 10.2 Å². The van der Waals surface area contributed by atoms with E-state index in [4.69, 9.17) is 14.7 Å². The summed E-state index contributed by atoms with van der Waals surface area (Å²) < 4.78 is 7.42. The number of aromatic nitrogens is 6. The molecule has 1 fully saturated rings. The monoisotopic (exact) mass is 480 g/mol. The molecule has 9 heteroatoms. The molecule has 0 bridgehead atoms. The van der Waals surface area contributed by atoms with E-state index in [0.717, 1.165) is 57.8 Å². The van der Waals surface area contributed by atoms with Gasteiger partial charge in [-0.2, -0.15) is 5.10 Å². The van der Waals surface area contributed by atoms with E-state index in [-0.39, 0.29) is 0 Å². The number of anilines is 3. The minimum Gasteiger partial charge on any atom is -0.378 e. The second-order valence-corrected chi connectivity index (χ2v) is 9.33. The van der Waals surface area contributed by atoms with Crippen LogP contribution in [-0.2, 0) is 11.8 Å². The van der Waals surface area contributed by atoms with Gasteiger partial charge in [-0.1, -0.05) is 19.9 Å². The minimum absolute atomic E-state index is 0.373. The lowest BCUT2D eigenvalue weighted by Gasteiger charge is -2.26. The van der Waals surface area contributed by atoms with Crippen LogP contribution in [0, 0.1) is 0 Å². The van der Waals surface area contributed by atoms with Gasteiger partial charge >= 0.3 is 0 Å². The molecule has 4 heterocycles. The number of benzene rings is 2. The smallest absolute Gasteiger partial charge is 0.227 e. The fraction of sp³-hybridized carbons (Fsp3) is 0.296. The van der Waals surface area contributed by atoms with Gasteiger partial charge < -0.3 is 15.0 Å². The normalized spacial score (nSPS) is 14.2. The summed E-state index contributed by atoms with van der Waals surface area (Å²) >= 11 is 0. The number of hydrogen-bond donors (Lipinski definition) is 1. The first-order chi connectivity index (χ1) is 17.5. The van der Waals surface area contributed by atoms with Crippen LogP contribution in [0.5, 0.6) is 0 Å². The summed E-state index contributed by atoms with van der Waals surface area (Å²) in [6, 6.07) is 14.2. The van der Waals surface area contributed by atoms with Gasteiger partial charge in [-0.05, 0) is 42.3 Å². The Balaban J connectivity index is 1.29. The standard InChI is InChI=1S/C27H28N8O/c1-17(2)25-21-14-18(5-7-23(21)33-34(25)3)22-8-9-28-26(31-22)30-20-6-4-19-16-29-27(32-24(19)15-20)35-10-12-36-13-11-35/h4-9,14-17H,10-13H2,1-3H3,(H,28,30,31). The molecular formula is C27H28N8O. The van der Waals surface area contributed by atoms with Gasteiger partial charge in [-0.3, -0.25) is 4.68 Å². The van der Waals surface area contributed by atoms with Crippen LogP contribution in [0.1, 0.15) is 25.5 Å². The molecule has 1 aliphatic heterocycles. The van der Waals surface area contributed by atoms with Crippen molar-refractivity contribution >= 4 is 39.4 Å². The topological polar surface area (TPSA) is 93.9 Å². The molecule has 36 heavy (non-hydrogen) atoms. The van der Waals surface area contributed by atoms with Crippen LogP contribution in [0.3, 0.4) is 0 Å². The number of morpholine rings is 1. The van der Waals surface area contributed by atoms with Gasteiger partial charge in [0.25, 0.3) is 0 Å². The predicted octanol–water partition coefficient (Wildman–Crippen LogP) is 4.68. The Kier molecular flexibility index (Phi) is 5.69. The van der Waals surface area contributed by atoms with E-state index in [0.29, 0.717) is 25.1 Å². The zero-order valence-corrected chi connectivity index (χ0v) is 20.6. The molecule has 1 N–H and O–H groups in total. The van der Waals surface area contributed by atoms with Gasteiger partial charge in [0, 0.05) is 60.2 Å². The second kappa shape index (κ2) is 9.16. The van der Waals surface area contributed by atoms with Crippen molar-refractivity contribution in [1.29, 1.82) is 0 Å². The van der Waals surface area contributed by atoms with Crippen LogP contribution >= 0.6 is 0 Å². The first-order valence-electron chi connectivity index (χ1n) is 12.2. The summed E-state index contributed by atoms with van der Waals surface area (Å²) in [5, 5.41) is 10.1. The molecule has 1 aliphatic rings. The summed E-state index contributed by atoms with van der Waals surface area (Å²) in [6.07, 6.45) is 3.65. The third-order valence-corrected chi connectivity index (χ3v) is 6.50. The quantitative estimate of drug-likeness (QED) is 0.388. The van der Waals surface area contributed by atoms with Crippen LogP contribution in [-0.4, -0.2) is 56.0 Å². The maximum atomic E-state index is 5.45. The molecule has 2 aromatic carbocycles. The average molecular weight is 481 g/mol. The second-order valence-electron chi connectivity index (χ2n) is 9.33. The Hall–Kier alpha value is -4.11. The van der Waals surface area contributed by atoms with E-state index in [1.54, 1.807) is 6.20 Å². The Morgan fingerprint density at radius 1 is 0.944 bits per heavy atom. The van der Waals surface area contributed by atoms with Gasteiger partial charge in [-0.25, -0.2) is 19.9 Å². The van der Waals surface area contributed by atoms with Crippen molar-refractivity contribution in [1.82, 2.24) is 29.7 Å². The largest absolute Gasteiger partial charge is 0.378 e. The lowest BCUT2D eigenvalue weighted by molar-refractivity contribution is 0.122. The van der Waals surface area contributed by atoms with Crippen LogP contribution in [0.15, 0.2) is 54.9 Å². The molecule has 0 radical (unpaired) electrons. The molecule has 0 aliphatic carbocycles. The van der Waals surface area contributed by atoms with E-state index < -0.39 is 0 Å². The van der Waals surface area contributed by atoms with Crippen LogP contribution in [0.25, 0.3) is 33.1 Å². The lowest BCUT2D eigenvalue weighted by Crippen LogP contribution is -2.37. The number of fused-ring (bicyclic) bond motifs is 2. The number of ether oxygens (including phenoxy) is 1. The molecule has 0 spiro atoms. The Labute approximate surface area is 209 Å². The van der Waals surface area contributed by atoms with Crippen molar-refractivity contribution in [3.63, 3.8) is 0 Å². The number of rotatable bonds is 5. The maximum Gasteiger partial charge on any atom is 0.227 e. The molecule has 0 atom stereocenters. The van der Waals surface area contributed by atoms with Crippen molar-refractivity contribution in [2.24, 2.45) is 7.05 Å². The van der Waals surface area contributed by atoms with Crippen molar-refractivity contribution in [3.8, 4) is 11.3 Å². The SMILES string of the molecule is CC(C)c1c2cc(-c3ccnc(Nc4ccc5cnc(N6CCOCC6)nc5c4)n3)ccc2nn1C. The van der Waals surface area contributed by atoms with Crippen molar-refractivity contribution in [2.75, 3.05) is 36.5 Å². The van der Waals surface area contributed by atoms with Crippen molar-refractivity contribution < 1.29 is 4.74 Å². The van der Waals surface area contributed by atoms with Crippen molar-refractivity contribution in [3.05, 3.63) is 60.6 Å². The zero-order valence-electron chi connectivity index (χ0n) is 20.6. The molecular weight excluding hydrogens is 452 g/mol. The molecule has 5 aromatic rings. The predicted molar refractivity (Wildman–Crippen MR) is 142 cm³/mol. The Bertz CT molecular complexity index is 1550. The maximum absolute atomic E-state index is 5.45. The summed E-state index contributed by atoms with van der Waals surface area (Å²) in [5.74, 6) is 1.63. The zero-order chi connectivity index (χ0) is 24.6. The lowest BCUT2D eigenvalue weighted by atomic mass is 10.0. The number of nitrogens with one attached hydrogen (secondary N) is 1. The highest BCUT2D eigenvalue weighted by atomic mass is 16.5. The molecule has 182 valence electrons. The highest BCUT2D eigenvalue weighted by Gasteiger charge is 2.15. The summed E-state index contributed by atoms with van der Waals surface area (Å²) in [7, 11) is 2.00. The summed E-state index contributed by atoms with van der Waals surface area (Å²) in [4.78, 5) is 20.7. The van der Waals surface area contributed by atoms with Gasteiger partial charge in [0.1, 0.15) is 0 Å². The van der Waals surface area contributed by atoms with Crippen LogP contribution in [0.2, 0.25) is 0 Å². The van der Waals surface area contributed by atoms with E-state index in [9.17, 15) is 0 Å². The minimum atomic E-state index is 0.373. The van der Waals surface area contributed by atoms with E-state index in [1.165, 1.54) is 5.69 Å². The van der Waals surface area contributed by atoms with Gasteiger partial charge in [0.15, 0.2) is 0 Å². The first kappa shape index (κ1) is 22.4. The highest BCUT2D eigenvalue weighted by molar-refractivity contribution is 5.87. The molecule has 1 saturated heterocycles. The van der Waals surface area contributed by atoms with E-state index in [1.807, 2.05) is 42.2 Å². The third-order valence-electron chi connectivity index (χ3n) is 6.50. The van der Waals surface area contributed by atoms with Gasteiger partial charge in [0.05, 0.1) is 29.9 Å². The fourth-order valence-electron chi connectivity index (χ4n) is 4.78. The fourth-order valence-corrected chi connectivity index (χ4v) is 4.78. The third kappa shape index (κ3) is 4.22. The summed E-state index contributed by atoms with van der Waals surface area (Å²) in [6.45, 7) is 7.37.